The van der Waals surface area contributed by atoms with Gasteiger partial charge in [-0.1, -0.05) is 98.3 Å². The van der Waals surface area contributed by atoms with Crippen LogP contribution in [0.4, 0.5) is 0 Å². The molecule has 4 rings (SSSR count). The van der Waals surface area contributed by atoms with Crippen LogP contribution < -0.4 is 9.47 Å². The Balaban J connectivity index is 1.22. The summed E-state index contributed by atoms with van der Waals surface area (Å²) in [5.41, 5.74) is 3.44. The van der Waals surface area contributed by atoms with E-state index < -0.39 is 22.4 Å². The lowest BCUT2D eigenvalue weighted by Gasteiger charge is -2.38. The van der Waals surface area contributed by atoms with Gasteiger partial charge in [-0.25, -0.2) is 0 Å². The van der Waals surface area contributed by atoms with Gasteiger partial charge in [-0.15, -0.1) is 0 Å². The second-order valence-corrected chi connectivity index (χ2v) is 21.4. The van der Waals surface area contributed by atoms with E-state index in [1.165, 1.54) is 73.6 Å². The van der Waals surface area contributed by atoms with E-state index in [0.29, 0.717) is 0 Å². The third kappa shape index (κ3) is 12.0. The fraction of sp³-hybridized carbons (Fsp3) is 0.875. The number of fused-ring (bicyclic) bond motifs is 1. The molecule has 0 bridgehead atoms. The monoisotopic (exact) mass is 781 g/mol. The van der Waals surface area contributed by atoms with Gasteiger partial charge in [0.05, 0.1) is 29.0 Å². The Morgan fingerprint density at radius 1 is 0.554 bits per heavy atom. The first-order chi connectivity index (χ1) is 26.0. The zero-order valence-corrected chi connectivity index (χ0v) is 39.4. The van der Waals surface area contributed by atoms with Gasteiger partial charge in [-0.3, -0.25) is 0 Å². The highest BCUT2D eigenvalue weighted by Gasteiger charge is 2.61. The molecule has 2 saturated heterocycles. The van der Waals surface area contributed by atoms with Crippen molar-refractivity contribution in [1.82, 2.24) is 0 Å². The van der Waals surface area contributed by atoms with Crippen molar-refractivity contribution in [2.75, 3.05) is 6.61 Å². The van der Waals surface area contributed by atoms with Crippen molar-refractivity contribution in [2.24, 2.45) is 17.8 Å². The second kappa shape index (κ2) is 19.4. The van der Waals surface area contributed by atoms with Crippen molar-refractivity contribution in [2.45, 2.75) is 247 Å². The molecule has 0 amide bonds. The van der Waals surface area contributed by atoms with E-state index in [0.717, 1.165) is 87.2 Å². The van der Waals surface area contributed by atoms with Gasteiger partial charge in [0.25, 0.3) is 0 Å². The molecular formula is C48H86B2O6. The molecule has 6 nitrogen and oxygen atoms in total. The van der Waals surface area contributed by atoms with Crippen LogP contribution in [0.1, 0.15) is 209 Å². The maximum atomic E-state index is 6.93. The van der Waals surface area contributed by atoms with E-state index in [1.54, 1.807) is 0 Å². The van der Waals surface area contributed by atoms with Crippen LogP contribution in [0.2, 0.25) is 5.72 Å². The summed E-state index contributed by atoms with van der Waals surface area (Å²) in [5, 5.41) is 0. The number of hydrogen-bond donors (Lipinski definition) is 0. The third-order valence-corrected chi connectivity index (χ3v) is 14.8. The van der Waals surface area contributed by atoms with Crippen molar-refractivity contribution in [3.05, 3.63) is 22.3 Å². The van der Waals surface area contributed by atoms with E-state index in [2.05, 4.69) is 111 Å². The predicted molar refractivity (Wildman–Crippen MR) is 237 cm³/mol. The van der Waals surface area contributed by atoms with Gasteiger partial charge >= 0.3 is 14.2 Å². The number of hydrogen-bond acceptors (Lipinski definition) is 6. The van der Waals surface area contributed by atoms with Gasteiger partial charge in [0.1, 0.15) is 17.1 Å². The van der Waals surface area contributed by atoms with Crippen molar-refractivity contribution < 1.29 is 28.1 Å². The summed E-state index contributed by atoms with van der Waals surface area (Å²) in [7, 11) is -0.723. The lowest BCUT2D eigenvalue weighted by molar-refractivity contribution is 0.00578. The summed E-state index contributed by atoms with van der Waals surface area (Å²) in [6.45, 7) is 36.3. The molecule has 56 heavy (non-hydrogen) atoms. The first-order valence-electron chi connectivity index (χ1n) is 23.1. The molecule has 0 aliphatic carbocycles. The van der Waals surface area contributed by atoms with Gasteiger partial charge in [-0.05, 0) is 150 Å². The molecule has 320 valence electrons. The molecule has 8 heteroatoms. The smallest absolute Gasteiger partial charge is 0.458 e. The molecule has 0 saturated carbocycles. The van der Waals surface area contributed by atoms with Crippen LogP contribution in [0.25, 0.3) is 0 Å². The fourth-order valence-corrected chi connectivity index (χ4v) is 9.01. The average Bonchev–Trinajstić information content (AvgIpc) is 3.44. The minimum atomic E-state index is -0.391. The van der Waals surface area contributed by atoms with E-state index >= 15 is 0 Å². The highest BCUT2D eigenvalue weighted by Crippen LogP contribution is 2.48. The van der Waals surface area contributed by atoms with E-state index in [1.807, 2.05) is 0 Å². The number of benzene rings is 1. The molecule has 1 aromatic carbocycles. The Morgan fingerprint density at radius 3 is 1.55 bits per heavy atom. The lowest BCUT2D eigenvalue weighted by atomic mass is 9.50. The number of rotatable bonds is 22. The maximum Gasteiger partial charge on any atom is 0.458 e. The molecule has 1 aromatic rings. The second-order valence-electron chi connectivity index (χ2n) is 21.4. The lowest BCUT2D eigenvalue weighted by Crippen LogP contribution is -2.41. The van der Waals surface area contributed by atoms with Crippen LogP contribution in [-0.4, -0.2) is 48.8 Å². The first kappa shape index (κ1) is 47.5. The molecule has 0 unspecified atom stereocenters. The minimum Gasteiger partial charge on any atom is -0.493 e. The van der Waals surface area contributed by atoms with E-state index in [4.69, 9.17) is 28.1 Å². The standard InChI is InChI=1S/C48H86B2O6/c1-34(2)24-21-25-35(3)26-22-27-36(4)28-23-31-48(16)32-30-40-39(7)42(37(5)38(6)43(40)52-48)51-33-20-18-17-19-29-41(49-53-44(8,9)45(10,11)54-49)50-55-46(12,13)47(14,15)56-50/h34-36,41H,17-33H2,1-16H3/t35-,36-,48-/m1/s1. The summed E-state index contributed by atoms with van der Waals surface area (Å²) in [6.07, 6.45) is 19.3. The average molecular weight is 781 g/mol. The Morgan fingerprint density at radius 2 is 1.04 bits per heavy atom. The molecular weight excluding hydrogens is 694 g/mol. The summed E-state index contributed by atoms with van der Waals surface area (Å²) < 4.78 is 39.7. The van der Waals surface area contributed by atoms with Gasteiger partial charge in [-0.2, -0.15) is 0 Å². The Hall–Kier alpha value is -1.21. The molecule has 2 fully saturated rings. The van der Waals surface area contributed by atoms with Crippen LogP contribution in [0.15, 0.2) is 0 Å². The summed E-state index contributed by atoms with van der Waals surface area (Å²) >= 11 is 0. The quantitative estimate of drug-likeness (QED) is 0.0863. The molecule has 3 aliphatic heterocycles. The Labute approximate surface area is 346 Å². The van der Waals surface area contributed by atoms with Gasteiger partial charge in [0.15, 0.2) is 0 Å². The Kier molecular flexibility index (Phi) is 16.5. The molecule has 0 spiro atoms. The molecule has 3 aliphatic rings. The fourth-order valence-electron chi connectivity index (χ4n) is 9.01. The molecule has 3 atom stereocenters. The van der Waals surface area contributed by atoms with Crippen LogP contribution in [0, 0.1) is 38.5 Å². The summed E-state index contributed by atoms with van der Waals surface area (Å²) in [5.74, 6) is 4.69. The highest BCUT2D eigenvalue weighted by atomic mass is 16.7. The van der Waals surface area contributed by atoms with Gasteiger partial charge in [0, 0.05) is 11.3 Å². The van der Waals surface area contributed by atoms with Crippen molar-refractivity contribution in [3.63, 3.8) is 0 Å². The van der Waals surface area contributed by atoms with Crippen molar-refractivity contribution >= 4 is 14.2 Å². The minimum absolute atomic E-state index is 0.00207. The van der Waals surface area contributed by atoms with Gasteiger partial charge < -0.3 is 28.1 Å². The van der Waals surface area contributed by atoms with Crippen molar-refractivity contribution in [1.29, 1.82) is 0 Å². The first-order valence-corrected chi connectivity index (χ1v) is 23.1. The topological polar surface area (TPSA) is 55.4 Å². The zero-order chi connectivity index (χ0) is 41.7. The maximum absolute atomic E-state index is 6.93. The van der Waals surface area contributed by atoms with Crippen LogP contribution in [-0.2, 0) is 25.0 Å². The molecule has 0 aromatic heterocycles. The largest absolute Gasteiger partial charge is 0.493 e. The van der Waals surface area contributed by atoms with Crippen molar-refractivity contribution in [3.8, 4) is 11.5 Å². The van der Waals surface area contributed by atoms with Crippen LogP contribution >= 0.6 is 0 Å². The van der Waals surface area contributed by atoms with Gasteiger partial charge in [0.2, 0.25) is 0 Å². The van der Waals surface area contributed by atoms with Crippen LogP contribution in [0.3, 0.4) is 0 Å². The molecule has 0 N–H and O–H groups in total. The Bertz CT molecular complexity index is 1340. The predicted octanol–water partition coefficient (Wildman–Crippen LogP) is 13.6. The van der Waals surface area contributed by atoms with E-state index in [-0.39, 0.29) is 25.6 Å². The summed E-state index contributed by atoms with van der Waals surface area (Å²) in [6, 6.07) is 0. The van der Waals surface area contributed by atoms with E-state index in [9.17, 15) is 0 Å². The van der Waals surface area contributed by atoms with Crippen LogP contribution in [0.5, 0.6) is 11.5 Å². The highest BCUT2D eigenvalue weighted by molar-refractivity contribution is 6.68. The summed E-state index contributed by atoms with van der Waals surface area (Å²) in [4.78, 5) is 0. The number of ether oxygens (including phenoxy) is 2. The molecule has 3 heterocycles. The normalized spacial score (nSPS) is 23.5. The number of unbranched alkanes of at least 4 members (excludes halogenated alkanes) is 3. The SMILES string of the molecule is Cc1c(C)c2c(c(C)c1OCCCCCCC(B1OC(C)(C)C(C)(C)O1)B1OC(C)(C)C(C)(C)O1)CC[C@@](C)(CCC[C@H](C)CCC[C@H](C)CCCC(C)C)O2. The zero-order valence-electron chi connectivity index (χ0n) is 39.4. The molecule has 0 radical (unpaired) electrons. The third-order valence-electron chi connectivity index (χ3n) is 14.8.